The second kappa shape index (κ2) is 2.67. The van der Waals surface area contributed by atoms with Crippen LogP contribution in [0.15, 0.2) is 0 Å². The fraction of sp³-hybridized carbons (Fsp3) is 0.375. The number of nitrogens with zero attached hydrogens (tertiary/aromatic N) is 1. The molecule has 1 aromatic heterocycles. The zero-order valence-electron chi connectivity index (χ0n) is 6.73. The van der Waals surface area contributed by atoms with Crippen molar-refractivity contribution in [2.75, 3.05) is 5.73 Å². The molecule has 11 heavy (non-hydrogen) atoms. The number of nitrogens with one attached hydrogen (secondary N) is 1. The molecule has 3 heteroatoms. The Labute approximate surface area is 65.8 Å². The molecule has 58 valence electrons. The normalized spacial score (nSPS) is 9.55. The molecule has 0 aromatic carbocycles. The van der Waals surface area contributed by atoms with Gasteiger partial charge in [-0.05, 0) is 18.9 Å². The van der Waals surface area contributed by atoms with Gasteiger partial charge in [-0.1, -0.05) is 6.92 Å². The topological polar surface area (TPSA) is 65.6 Å². The van der Waals surface area contributed by atoms with E-state index in [9.17, 15) is 0 Å². The average molecular weight is 149 g/mol. The fourth-order valence-electron chi connectivity index (χ4n) is 1.26. The molecule has 0 aliphatic heterocycles. The third-order valence-electron chi connectivity index (χ3n) is 1.81. The Morgan fingerprint density at radius 1 is 1.64 bits per heavy atom. The van der Waals surface area contributed by atoms with Crippen molar-refractivity contribution in [2.24, 2.45) is 0 Å². The molecule has 1 aromatic rings. The number of nitrogens with two attached hydrogens (primary N) is 1. The highest BCUT2D eigenvalue weighted by molar-refractivity contribution is 5.56. The molecule has 0 saturated carbocycles. The van der Waals surface area contributed by atoms with Crippen LogP contribution in [-0.2, 0) is 6.42 Å². The smallest absolute Gasteiger partial charge is 0.119 e. The number of nitrogen functional groups attached to an aromatic ring is 1. The summed E-state index contributed by atoms with van der Waals surface area (Å²) in [4.78, 5) is 2.93. The van der Waals surface area contributed by atoms with Gasteiger partial charge in [0.1, 0.15) is 11.9 Å². The Kier molecular flexibility index (Phi) is 1.86. The van der Waals surface area contributed by atoms with E-state index < -0.39 is 0 Å². The summed E-state index contributed by atoms with van der Waals surface area (Å²) in [7, 11) is 0. The van der Waals surface area contributed by atoms with Gasteiger partial charge in [0.25, 0.3) is 0 Å². The van der Waals surface area contributed by atoms with Gasteiger partial charge in [-0.3, -0.25) is 0 Å². The number of rotatable bonds is 1. The Morgan fingerprint density at radius 3 is 2.64 bits per heavy atom. The quantitative estimate of drug-likeness (QED) is 0.632. The van der Waals surface area contributed by atoms with Crippen LogP contribution in [0.3, 0.4) is 0 Å². The van der Waals surface area contributed by atoms with Crippen molar-refractivity contribution in [1.29, 1.82) is 5.26 Å². The second-order valence-corrected chi connectivity index (χ2v) is 2.48. The van der Waals surface area contributed by atoms with Crippen LogP contribution in [-0.4, -0.2) is 4.98 Å². The number of anilines is 1. The predicted molar refractivity (Wildman–Crippen MR) is 44.0 cm³/mol. The van der Waals surface area contributed by atoms with Crippen LogP contribution < -0.4 is 5.73 Å². The summed E-state index contributed by atoms with van der Waals surface area (Å²) in [5.74, 6) is 0.488. The number of nitriles is 1. The van der Waals surface area contributed by atoms with E-state index in [4.69, 9.17) is 11.0 Å². The minimum atomic E-state index is 0.488. The van der Waals surface area contributed by atoms with Gasteiger partial charge in [0, 0.05) is 5.69 Å². The van der Waals surface area contributed by atoms with Gasteiger partial charge in [0.2, 0.25) is 0 Å². The summed E-state index contributed by atoms with van der Waals surface area (Å²) in [6, 6.07) is 2.08. The Hall–Kier alpha value is -1.43. The van der Waals surface area contributed by atoms with Gasteiger partial charge >= 0.3 is 0 Å². The van der Waals surface area contributed by atoms with Crippen LogP contribution in [0.4, 0.5) is 5.82 Å². The lowest BCUT2D eigenvalue weighted by atomic mass is 10.1. The predicted octanol–water partition coefficient (Wildman–Crippen LogP) is 1.34. The van der Waals surface area contributed by atoms with Crippen LogP contribution in [0, 0.1) is 18.3 Å². The van der Waals surface area contributed by atoms with Crippen molar-refractivity contribution in [1.82, 2.24) is 4.98 Å². The maximum absolute atomic E-state index is 8.69. The van der Waals surface area contributed by atoms with Gasteiger partial charge in [0.15, 0.2) is 0 Å². The van der Waals surface area contributed by atoms with Crippen molar-refractivity contribution in [3.8, 4) is 6.07 Å². The van der Waals surface area contributed by atoms with E-state index in [0.29, 0.717) is 11.4 Å². The molecular weight excluding hydrogens is 138 g/mol. The molecule has 0 spiro atoms. The monoisotopic (exact) mass is 149 g/mol. The average Bonchev–Trinajstić information content (AvgIpc) is 2.24. The van der Waals surface area contributed by atoms with Crippen molar-refractivity contribution >= 4 is 5.82 Å². The minimum absolute atomic E-state index is 0.488. The molecule has 0 saturated heterocycles. The largest absolute Gasteiger partial charge is 0.384 e. The van der Waals surface area contributed by atoms with Crippen LogP contribution >= 0.6 is 0 Å². The lowest BCUT2D eigenvalue weighted by Gasteiger charge is -1.91. The highest BCUT2D eigenvalue weighted by atomic mass is 14.9. The maximum Gasteiger partial charge on any atom is 0.119 e. The molecule has 0 fully saturated rings. The van der Waals surface area contributed by atoms with Crippen molar-refractivity contribution < 1.29 is 0 Å². The first-order valence-corrected chi connectivity index (χ1v) is 3.57. The molecule has 0 amide bonds. The molecule has 0 bridgehead atoms. The van der Waals surface area contributed by atoms with E-state index in [1.54, 1.807) is 0 Å². The van der Waals surface area contributed by atoms with Gasteiger partial charge < -0.3 is 10.7 Å². The van der Waals surface area contributed by atoms with E-state index in [0.717, 1.165) is 17.7 Å². The van der Waals surface area contributed by atoms with E-state index in [1.165, 1.54) is 0 Å². The number of aromatic amines is 1. The third-order valence-corrected chi connectivity index (χ3v) is 1.81. The molecule has 3 nitrogen and oxygen atoms in total. The highest BCUT2D eigenvalue weighted by Crippen LogP contribution is 2.19. The molecule has 0 atom stereocenters. The van der Waals surface area contributed by atoms with Gasteiger partial charge in [-0.25, -0.2) is 0 Å². The van der Waals surface area contributed by atoms with Crippen molar-refractivity contribution in [2.45, 2.75) is 20.3 Å². The standard InChI is InChI=1S/C8H11N3/c1-3-6-5(2)11-8(10)7(6)4-9/h11H,3,10H2,1-2H3. The van der Waals surface area contributed by atoms with Gasteiger partial charge in [-0.15, -0.1) is 0 Å². The van der Waals surface area contributed by atoms with E-state index >= 15 is 0 Å². The van der Waals surface area contributed by atoms with Gasteiger partial charge in [0.05, 0.1) is 5.56 Å². The van der Waals surface area contributed by atoms with E-state index in [1.807, 2.05) is 13.8 Å². The number of hydrogen-bond donors (Lipinski definition) is 2. The number of H-pyrrole nitrogens is 1. The summed E-state index contributed by atoms with van der Waals surface area (Å²) < 4.78 is 0. The Bertz CT molecular complexity index is 304. The lowest BCUT2D eigenvalue weighted by molar-refractivity contribution is 1.09. The van der Waals surface area contributed by atoms with Crippen molar-refractivity contribution in [3.63, 3.8) is 0 Å². The maximum atomic E-state index is 8.69. The van der Waals surface area contributed by atoms with Crippen LogP contribution in [0.2, 0.25) is 0 Å². The van der Waals surface area contributed by atoms with Crippen LogP contribution in [0.5, 0.6) is 0 Å². The molecule has 0 radical (unpaired) electrons. The Balaban J connectivity index is 3.31. The zero-order chi connectivity index (χ0) is 8.43. The lowest BCUT2D eigenvalue weighted by Crippen LogP contribution is -1.88. The second-order valence-electron chi connectivity index (χ2n) is 2.48. The zero-order valence-corrected chi connectivity index (χ0v) is 6.73. The van der Waals surface area contributed by atoms with Crippen LogP contribution in [0.1, 0.15) is 23.7 Å². The summed E-state index contributed by atoms with van der Waals surface area (Å²) in [6.07, 6.45) is 0.850. The first kappa shape index (κ1) is 7.67. The highest BCUT2D eigenvalue weighted by Gasteiger charge is 2.09. The fourth-order valence-corrected chi connectivity index (χ4v) is 1.26. The summed E-state index contributed by atoms with van der Waals surface area (Å²) in [5, 5.41) is 8.69. The molecular formula is C8H11N3. The summed E-state index contributed by atoms with van der Waals surface area (Å²) >= 11 is 0. The number of aryl methyl sites for hydroxylation is 1. The first-order chi connectivity index (χ1) is 5.20. The molecule has 0 unspecified atom stereocenters. The summed E-state index contributed by atoms with van der Waals surface area (Å²) in [6.45, 7) is 3.94. The van der Waals surface area contributed by atoms with Crippen molar-refractivity contribution in [3.05, 3.63) is 16.8 Å². The molecule has 0 aliphatic carbocycles. The first-order valence-electron chi connectivity index (χ1n) is 3.57. The third kappa shape index (κ3) is 1.07. The number of aromatic nitrogens is 1. The van der Waals surface area contributed by atoms with E-state index in [-0.39, 0.29) is 0 Å². The minimum Gasteiger partial charge on any atom is -0.384 e. The number of hydrogen-bond acceptors (Lipinski definition) is 2. The van der Waals surface area contributed by atoms with Crippen LogP contribution in [0.25, 0.3) is 0 Å². The molecule has 1 heterocycles. The van der Waals surface area contributed by atoms with E-state index in [2.05, 4.69) is 11.1 Å². The summed E-state index contributed by atoms with van der Waals surface area (Å²) in [5.41, 5.74) is 8.19. The Morgan fingerprint density at radius 2 is 2.27 bits per heavy atom. The molecule has 3 N–H and O–H groups in total. The van der Waals surface area contributed by atoms with Gasteiger partial charge in [-0.2, -0.15) is 5.26 Å². The SMILES string of the molecule is CCc1c(C)[nH]c(N)c1C#N. The molecule has 1 rings (SSSR count). The molecule has 0 aliphatic rings.